The first kappa shape index (κ1) is 15.8. The van der Waals surface area contributed by atoms with Crippen molar-refractivity contribution >= 4 is 11.9 Å². The Kier molecular flexibility index (Phi) is 4.19. The first-order valence-corrected chi connectivity index (χ1v) is 8.64. The smallest absolute Gasteiger partial charge is 0.409 e. The Morgan fingerprint density at radius 2 is 1.77 bits per heavy atom. The number of hydrogen-bond donors (Lipinski definition) is 1. The first-order chi connectivity index (χ1) is 10.4. The van der Waals surface area contributed by atoms with Gasteiger partial charge >= 0.3 is 6.09 Å². The van der Waals surface area contributed by atoms with Crippen LogP contribution in [0.3, 0.4) is 0 Å². The maximum atomic E-state index is 12.6. The van der Waals surface area contributed by atoms with Crippen LogP contribution in [0.5, 0.6) is 0 Å². The molecule has 1 aliphatic heterocycles. The summed E-state index contributed by atoms with van der Waals surface area (Å²) in [5.74, 6) is 0.744. The molecule has 0 bridgehead atoms. The zero-order valence-corrected chi connectivity index (χ0v) is 13.6. The van der Waals surface area contributed by atoms with Gasteiger partial charge in [0.15, 0.2) is 5.78 Å². The van der Waals surface area contributed by atoms with Crippen LogP contribution in [0.1, 0.15) is 65.2 Å². The lowest BCUT2D eigenvalue weighted by Crippen LogP contribution is -2.49. The van der Waals surface area contributed by atoms with Crippen molar-refractivity contribution in [3.05, 3.63) is 0 Å². The summed E-state index contributed by atoms with van der Waals surface area (Å²) in [6, 6.07) is -0.316. The molecule has 0 radical (unpaired) electrons. The van der Waals surface area contributed by atoms with Crippen LogP contribution >= 0.6 is 0 Å². The highest BCUT2D eigenvalue weighted by molar-refractivity contribution is 5.89. The van der Waals surface area contributed by atoms with Gasteiger partial charge in [0.25, 0.3) is 0 Å². The number of rotatable bonds is 4. The topological polar surface area (TPSA) is 66.8 Å². The summed E-state index contributed by atoms with van der Waals surface area (Å²) in [7, 11) is 0. The van der Waals surface area contributed by atoms with Crippen LogP contribution in [0.15, 0.2) is 0 Å². The van der Waals surface area contributed by atoms with E-state index in [1.807, 2.05) is 0 Å². The predicted octanol–water partition coefficient (Wildman–Crippen LogP) is 3.42. The van der Waals surface area contributed by atoms with E-state index in [0.717, 1.165) is 32.1 Å². The summed E-state index contributed by atoms with van der Waals surface area (Å²) in [6.45, 7) is 3.52. The Morgan fingerprint density at radius 3 is 2.32 bits per heavy atom. The normalized spacial score (nSPS) is 32.2. The minimum absolute atomic E-state index is 0.100. The quantitative estimate of drug-likeness (QED) is 0.864. The van der Waals surface area contributed by atoms with Crippen LogP contribution in [0.25, 0.3) is 0 Å². The van der Waals surface area contributed by atoms with Gasteiger partial charge in [-0.15, -0.1) is 0 Å². The first-order valence-electron chi connectivity index (χ1n) is 8.64. The average molecular weight is 309 g/mol. The maximum Gasteiger partial charge on any atom is 0.409 e. The molecule has 0 spiro atoms. The minimum Gasteiger partial charge on any atom is -0.465 e. The van der Waals surface area contributed by atoms with Crippen molar-refractivity contribution in [2.75, 3.05) is 0 Å². The third-order valence-electron chi connectivity index (χ3n) is 5.44. The van der Waals surface area contributed by atoms with Gasteiger partial charge in [-0.2, -0.15) is 0 Å². The molecule has 1 heterocycles. The van der Waals surface area contributed by atoms with E-state index in [-0.39, 0.29) is 17.7 Å². The molecule has 0 aromatic rings. The van der Waals surface area contributed by atoms with E-state index in [2.05, 4.69) is 0 Å². The third-order valence-corrected chi connectivity index (χ3v) is 5.44. The molecular weight excluding hydrogens is 282 g/mol. The Labute approximate surface area is 132 Å². The fourth-order valence-electron chi connectivity index (χ4n) is 4.19. The molecule has 3 aliphatic rings. The number of ether oxygens (including phenoxy) is 1. The second kappa shape index (κ2) is 5.84. The highest BCUT2D eigenvalue weighted by Crippen LogP contribution is 2.42. The van der Waals surface area contributed by atoms with Gasteiger partial charge < -0.3 is 9.84 Å². The molecule has 2 atom stereocenters. The van der Waals surface area contributed by atoms with Gasteiger partial charge in [-0.05, 0) is 39.0 Å². The van der Waals surface area contributed by atoms with E-state index < -0.39 is 17.9 Å². The lowest BCUT2D eigenvalue weighted by molar-refractivity contribution is -0.137. The van der Waals surface area contributed by atoms with Crippen molar-refractivity contribution in [3.63, 3.8) is 0 Å². The molecule has 1 amide bonds. The highest BCUT2D eigenvalue weighted by atomic mass is 16.6. The number of ketones is 1. The van der Waals surface area contributed by atoms with Crippen molar-refractivity contribution in [2.24, 2.45) is 11.8 Å². The van der Waals surface area contributed by atoms with Gasteiger partial charge in [-0.25, -0.2) is 4.79 Å². The molecule has 5 heteroatoms. The maximum absolute atomic E-state index is 12.6. The minimum atomic E-state index is -0.975. The molecule has 5 nitrogen and oxygen atoms in total. The van der Waals surface area contributed by atoms with Gasteiger partial charge in [0.2, 0.25) is 0 Å². The number of carbonyl (C=O) groups excluding carboxylic acids is 1. The van der Waals surface area contributed by atoms with Crippen LogP contribution < -0.4 is 0 Å². The molecule has 0 aromatic carbocycles. The van der Waals surface area contributed by atoms with Gasteiger partial charge in [0.1, 0.15) is 11.8 Å². The van der Waals surface area contributed by atoms with Gasteiger partial charge in [0.05, 0.1) is 6.04 Å². The summed E-state index contributed by atoms with van der Waals surface area (Å²) in [5, 5.41) is 9.64. The molecule has 3 fully saturated rings. The van der Waals surface area contributed by atoms with Crippen molar-refractivity contribution in [3.8, 4) is 0 Å². The van der Waals surface area contributed by atoms with E-state index in [1.54, 1.807) is 13.8 Å². The fraction of sp³-hybridized carbons (Fsp3) is 0.882. The Hall–Kier alpha value is -1.10. The second-order valence-electron chi connectivity index (χ2n) is 7.62. The number of carbonyl (C=O) groups is 2. The van der Waals surface area contributed by atoms with Crippen LogP contribution in [0, 0.1) is 11.8 Å². The Balaban J connectivity index is 1.80. The predicted molar refractivity (Wildman–Crippen MR) is 81.5 cm³/mol. The summed E-state index contributed by atoms with van der Waals surface area (Å²) in [4.78, 5) is 25.7. The number of nitrogens with zero attached hydrogens (tertiary/aromatic N) is 1. The third kappa shape index (κ3) is 3.00. The molecule has 124 valence electrons. The van der Waals surface area contributed by atoms with Gasteiger partial charge in [-0.1, -0.05) is 32.1 Å². The SMILES string of the molecule is CC1(C)O[C@@H](C(=O)C2CC2)[C@H](CC2CCCCC2)N1C(=O)O. The van der Waals surface area contributed by atoms with E-state index >= 15 is 0 Å². The van der Waals surface area contributed by atoms with Crippen LogP contribution in [-0.4, -0.2) is 39.8 Å². The van der Waals surface area contributed by atoms with E-state index in [9.17, 15) is 14.7 Å². The summed E-state index contributed by atoms with van der Waals surface area (Å²) < 4.78 is 5.94. The average Bonchev–Trinajstić information content (AvgIpc) is 3.25. The van der Waals surface area contributed by atoms with Crippen LogP contribution in [0.4, 0.5) is 4.79 Å². The zero-order valence-electron chi connectivity index (χ0n) is 13.6. The summed E-state index contributed by atoms with van der Waals surface area (Å²) in [6.07, 6.45) is 7.09. The van der Waals surface area contributed by atoms with Crippen LogP contribution in [-0.2, 0) is 9.53 Å². The number of Topliss-reactive ketones (excluding diaryl/α,β-unsaturated/α-hetero) is 1. The van der Waals surface area contributed by atoms with Crippen molar-refractivity contribution < 1.29 is 19.4 Å². The molecule has 2 saturated carbocycles. The lowest BCUT2D eigenvalue weighted by Gasteiger charge is -2.33. The van der Waals surface area contributed by atoms with Crippen molar-refractivity contribution in [1.82, 2.24) is 4.90 Å². The summed E-state index contributed by atoms with van der Waals surface area (Å²) in [5.41, 5.74) is -0.916. The molecule has 1 N–H and O–H groups in total. The largest absolute Gasteiger partial charge is 0.465 e. The van der Waals surface area contributed by atoms with E-state index in [4.69, 9.17) is 4.74 Å². The number of hydrogen-bond acceptors (Lipinski definition) is 3. The standard InChI is InChI=1S/C17H27NO4/c1-17(2)18(16(20)21)13(10-11-6-4-3-5-7-11)15(22-17)14(19)12-8-9-12/h11-13,15H,3-10H2,1-2H3,(H,20,21)/t13-,15+/m0/s1. The molecule has 0 aromatic heterocycles. The Bertz CT molecular complexity index is 452. The van der Waals surface area contributed by atoms with Gasteiger partial charge in [0, 0.05) is 5.92 Å². The lowest BCUT2D eigenvalue weighted by atomic mass is 9.82. The monoisotopic (exact) mass is 309 g/mol. The molecule has 22 heavy (non-hydrogen) atoms. The Morgan fingerprint density at radius 1 is 1.14 bits per heavy atom. The molecule has 1 saturated heterocycles. The van der Waals surface area contributed by atoms with Gasteiger partial charge in [-0.3, -0.25) is 9.69 Å². The zero-order chi connectivity index (χ0) is 15.9. The van der Waals surface area contributed by atoms with E-state index in [0.29, 0.717) is 5.92 Å². The van der Waals surface area contributed by atoms with Crippen molar-refractivity contribution in [2.45, 2.75) is 83.1 Å². The van der Waals surface area contributed by atoms with Crippen molar-refractivity contribution in [1.29, 1.82) is 0 Å². The highest BCUT2D eigenvalue weighted by Gasteiger charge is 2.54. The molecule has 0 unspecified atom stereocenters. The fourth-order valence-corrected chi connectivity index (χ4v) is 4.19. The number of amides is 1. The van der Waals surface area contributed by atoms with Crippen LogP contribution in [0.2, 0.25) is 0 Å². The molecule has 3 rings (SSSR count). The number of carboxylic acid groups (broad SMARTS) is 1. The molecule has 2 aliphatic carbocycles. The molecular formula is C17H27NO4. The van der Waals surface area contributed by atoms with E-state index in [1.165, 1.54) is 24.2 Å². The second-order valence-corrected chi connectivity index (χ2v) is 7.62. The summed E-state index contributed by atoms with van der Waals surface area (Å²) >= 11 is 0.